The van der Waals surface area contributed by atoms with E-state index in [4.69, 9.17) is 0 Å². The molecular formula is C15H27NO. The van der Waals surface area contributed by atoms with E-state index >= 15 is 0 Å². The van der Waals surface area contributed by atoms with Crippen LogP contribution in [0.4, 0.5) is 0 Å². The summed E-state index contributed by atoms with van der Waals surface area (Å²) in [6, 6.07) is 1.20. The average molecular weight is 237 g/mol. The maximum atomic E-state index is 12.1. The minimum absolute atomic E-state index is 0.365. The Balaban J connectivity index is 1.55. The first-order valence-electron chi connectivity index (χ1n) is 7.60. The Kier molecular flexibility index (Phi) is 5.02. The van der Waals surface area contributed by atoms with Crippen molar-refractivity contribution in [2.45, 2.75) is 83.2 Å². The summed E-state index contributed by atoms with van der Waals surface area (Å²) < 4.78 is 0. The smallest absolute Gasteiger partial charge is 0.137 e. The number of carbonyl (C=O) groups excluding carboxylic acids is 1. The molecule has 2 bridgehead atoms. The molecule has 0 radical (unpaired) electrons. The van der Waals surface area contributed by atoms with Gasteiger partial charge in [-0.15, -0.1) is 0 Å². The van der Waals surface area contributed by atoms with E-state index < -0.39 is 0 Å². The van der Waals surface area contributed by atoms with Crippen molar-refractivity contribution in [3.05, 3.63) is 0 Å². The molecule has 0 aromatic rings. The Morgan fingerprint density at radius 1 is 1.12 bits per heavy atom. The number of unbranched alkanes of at least 4 members (excludes halogenated alkanes) is 5. The molecule has 3 atom stereocenters. The van der Waals surface area contributed by atoms with Gasteiger partial charge < -0.3 is 5.32 Å². The summed E-state index contributed by atoms with van der Waals surface area (Å²) in [6.45, 7) is 2.24. The summed E-state index contributed by atoms with van der Waals surface area (Å²) in [7, 11) is 0. The van der Waals surface area contributed by atoms with Crippen LogP contribution in [0.3, 0.4) is 0 Å². The number of nitrogens with one attached hydrogen (secondary N) is 1. The highest BCUT2D eigenvalue weighted by atomic mass is 16.1. The number of rotatable bonds is 8. The number of ketones is 1. The van der Waals surface area contributed by atoms with Gasteiger partial charge in [0, 0.05) is 24.4 Å². The number of Topliss-reactive ketones (excluding diaryl/α,β-unsaturated/α-hetero) is 1. The summed E-state index contributed by atoms with van der Waals surface area (Å²) in [5, 5.41) is 3.56. The fourth-order valence-corrected chi connectivity index (χ4v) is 3.44. The topological polar surface area (TPSA) is 29.1 Å². The fourth-order valence-electron chi connectivity index (χ4n) is 3.44. The minimum Gasteiger partial charge on any atom is -0.310 e. The molecule has 17 heavy (non-hydrogen) atoms. The average Bonchev–Trinajstić information content (AvgIpc) is 2.95. The van der Waals surface area contributed by atoms with Gasteiger partial charge in [0.05, 0.1) is 0 Å². The predicted molar refractivity (Wildman–Crippen MR) is 71.1 cm³/mol. The minimum atomic E-state index is 0.365. The van der Waals surface area contributed by atoms with E-state index in [1.165, 1.54) is 44.9 Å². The predicted octanol–water partition coefficient (Wildman–Crippen LogP) is 3.45. The summed E-state index contributed by atoms with van der Waals surface area (Å²) in [5.74, 6) is 0.907. The summed E-state index contributed by atoms with van der Waals surface area (Å²) >= 11 is 0. The molecule has 2 aliphatic heterocycles. The van der Waals surface area contributed by atoms with Crippen LogP contribution in [0.2, 0.25) is 0 Å². The number of hydrogen-bond acceptors (Lipinski definition) is 2. The molecule has 2 rings (SSSR count). The molecule has 98 valence electrons. The van der Waals surface area contributed by atoms with E-state index in [1.807, 2.05) is 0 Å². The molecular weight excluding hydrogens is 210 g/mol. The molecule has 1 N–H and O–H groups in total. The van der Waals surface area contributed by atoms with Crippen molar-refractivity contribution in [2.24, 2.45) is 5.92 Å². The third kappa shape index (κ3) is 3.54. The standard InChI is InChI=1S/C15H27NO/c1-2-3-4-5-6-7-8-15(17)13-11-12-9-10-14(13)16-12/h12-14,16H,2-11H2,1H3. The van der Waals surface area contributed by atoms with Crippen LogP contribution < -0.4 is 5.32 Å². The molecule has 2 heterocycles. The van der Waals surface area contributed by atoms with Crippen LogP contribution in [0.1, 0.15) is 71.1 Å². The molecule has 2 heteroatoms. The molecule has 3 unspecified atom stereocenters. The summed E-state index contributed by atoms with van der Waals surface area (Å²) in [4.78, 5) is 12.1. The second kappa shape index (κ2) is 6.53. The third-order valence-corrected chi connectivity index (χ3v) is 4.49. The molecule has 0 aliphatic carbocycles. The van der Waals surface area contributed by atoms with Gasteiger partial charge in [0.1, 0.15) is 5.78 Å². The Morgan fingerprint density at radius 3 is 2.53 bits per heavy atom. The van der Waals surface area contributed by atoms with Gasteiger partial charge in [-0.2, -0.15) is 0 Å². The zero-order chi connectivity index (χ0) is 12.1. The van der Waals surface area contributed by atoms with E-state index in [-0.39, 0.29) is 0 Å². The Hall–Kier alpha value is -0.370. The van der Waals surface area contributed by atoms with Crippen LogP contribution in [0.15, 0.2) is 0 Å². The largest absolute Gasteiger partial charge is 0.310 e. The SMILES string of the molecule is CCCCCCCCC(=O)C1CC2CCC1N2. The van der Waals surface area contributed by atoms with Gasteiger partial charge in [0.2, 0.25) is 0 Å². The number of carbonyl (C=O) groups is 1. The van der Waals surface area contributed by atoms with E-state index in [9.17, 15) is 4.79 Å². The van der Waals surface area contributed by atoms with E-state index in [1.54, 1.807) is 0 Å². The summed E-state index contributed by atoms with van der Waals surface area (Å²) in [5.41, 5.74) is 0. The molecule has 0 saturated carbocycles. The maximum Gasteiger partial charge on any atom is 0.137 e. The van der Waals surface area contributed by atoms with E-state index in [0.29, 0.717) is 23.8 Å². The molecule has 2 nitrogen and oxygen atoms in total. The summed E-state index contributed by atoms with van der Waals surface area (Å²) in [6.07, 6.45) is 12.2. The third-order valence-electron chi connectivity index (χ3n) is 4.49. The van der Waals surface area contributed by atoms with E-state index in [0.717, 1.165) is 19.3 Å². The van der Waals surface area contributed by atoms with Crippen LogP contribution in [0.5, 0.6) is 0 Å². The van der Waals surface area contributed by atoms with Gasteiger partial charge in [-0.1, -0.05) is 39.0 Å². The molecule has 0 amide bonds. The van der Waals surface area contributed by atoms with Crippen molar-refractivity contribution in [3.8, 4) is 0 Å². The van der Waals surface area contributed by atoms with Crippen LogP contribution in [-0.4, -0.2) is 17.9 Å². The highest BCUT2D eigenvalue weighted by Crippen LogP contribution is 2.34. The first kappa shape index (κ1) is 13.1. The van der Waals surface area contributed by atoms with Crippen LogP contribution in [-0.2, 0) is 4.79 Å². The number of hydrogen-bond donors (Lipinski definition) is 1. The van der Waals surface area contributed by atoms with Crippen molar-refractivity contribution in [2.75, 3.05) is 0 Å². The second-order valence-electron chi connectivity index (χ2n) is 5.87. The monoisotopic (exact) mass is 237 g/mol. The van der Waals surface area contributed by atoms with Gasteiger partial charge in [0.25, 0.3) is 0 Å². The molecule has 0 aromatic carbocycles. The Bertz CT molecular complexity index is 251. The number of fused-ring (bicyclic) bond motifs is 2. The van der Waals surface area contributed by atoms with Gasteiger partial charge >= 0.3 is 0 Å². The molecule has 2 aliphatic rings. The lowest BCUT2D eigenvalue weighted by atomic mass is 9.84. The first-order chi connectivity index (χ1) is 8.31. The van der Waals surface area contributed by atoms with Crippen molar-refractivity contribution in [1.29, 1.82) is 0 Å². The zero-order valence-corrected chi connectivity index (χ0v) is 11.2. The van der Waals surface area contributed by atoms with Crippen LogP contribution in [0.25, 0.3) is 0 Å². The van der Waals surface area contributed by atoms with E-state index in [2.05, 4.69) is 12.2 Å². The van der Waals surface area contributed by atoms with Gasteiger partial charge in [-0.3, -0.25) is 4.79 Å². The van der Waals surface area contributed by atoms with Gasteiger partial charge in [-0.05, 0) is 25.7 Å². The first-order valence-corrected chi connectivity index (χ1v) is 7.60. The van der Waals surface area contributed by atoms with Crippen LogP contribution in [0, 0.1) is 5.92 Å². The van der Waals surface area contributed by atoms with Crippen molar-refractivity contribution in [1.82, 2.24) is 5.32 Å². The lowest BCUT2D eigenvalue weighted by Gasteiger charge is -2.18. The highest BCUT2D eigenvalue weighted by molar-refractivity contribution is 5.82. The highest BCUT2D eigenvalue weighted by Gasteiger charge is 2.41. The van der Waals surface area contributed by atoms with Crippen molar-refractivity contribution < 1.29 is 4.79 Å². The van der Waals surface area contributed by atoms with Crippen molar-refractivity contribution in [3.63, 3.8) is 0 Å². The maximum absolute atomic E-state index is 12.1. The van der Waals surface area contributed by atoms with Gasteiger partial charge in [-0.25, -0.2) is 0 Å². The molecule has 0 aromatic heterocycles. The zero-order valence-electron chi connectivity index (χ0n) is 11.2. The van der Waals surface area contributed by atoms with Crippen molar-refractivity contribution >= 4 is 5.78 Å². The Morgan fingerprint density at radius 2 is 1.88 bits per heavy atom. The van der Waals surface area contributed by atoms with Crippen LogP contribution >= 0.6 is 0 Å². The molecule has 0 spiro atoms. The molecule has 2 saturated heterocycles. The lowest BCUT2D eigenvalue weighted by molar-refractivity contribution is -0.123. The molecule has 2 fully saturated rings. The van der Waals surface area contributed by atoms with Gasteiger partial charge in [0.15, 0.2) is 0 Å². The fraction of sp³-hybridized carbons (Fsp3) is 0.933. The second-order valence-corrected chi connectivity index (χ2v) is 5.87. The lowest BCUT2D eigenvalue weighted by Crippen LogP contribution is -2.28. The quantitative estimate of drug-likeness (QED) is 0.655. The Labute approximate surface area is 106 Å². The normalized spacial score (nSPS) is 31.0.